The summed E-state index contributed by atoms with van der Waals surface area (Å²) in [5.41, 5.74) is 2.82. The molecule has 1 atom stereocenters. The number of nitro benzene ring substituents is 1. The first kappa shape index (κ1) is 42.9. The van der Waals surface area contributed by atoms with Crippen molar-refractivity contribution in [2.24, 2.45) is 0 Å². The van der Waals surface area contributed by atoms with Gasteiger partial charge in [0.05, 0.1) is 35.3 Å². The number of nitro groups is 1. The molecule has 2 heterocycles. The summed E-state index contributed by atoms with van der Waals surface area (Å²) in [5.74, 6) is -0.846. The molecule has 1 unspecified atom stereocenters. The number of rotatable bonds is 17. The van der Waals surface area contributed by atoms with E-state index in [-0.39, 0.29) is 60.2 Å². The fourth-order valence-electron chi connectivity index (χ4n) is 7.59. The van der Waals surface area contributed by atoms with Crippen LogP contribution in [0.15, 0.2) is 85.2 Å². The number of carboxylic acids is 1. The van der Waals surface area contributed by atoms with Gasteiger partial charge in [-0.3, -0.25) is 24.7 Å². The van der Waals surface area contributed by atoms with Gasteiger partial charge in [0.1, 0.15) is 11.0 Å². The lowest BCUT2D eigenvalue weighted by molar-refractivity contribution is -0.386. The number of benzene rings is 3. The van der Waals surface area contributed by atoms with Crippen LogP contribution >= 0.6 is 22.9 Å². The number of aromatic nitrogens is 1. The van der Waals surface area contributed by atoms with Crippen molar-refractivity contribution in [2.75, 3.05) is 20.3 Å². The molecule has 2 aromatic heterocycles. The van der Waals surface area contributed by atoms with Crippen molar-refractivity contribution in [1.29, 1.82) is 0 Å². The van der Waals surface area contributed by atoms with E-state index in [9.17, 15) is 24.5 Å². The molecule has 1 fully saturated rings. The van der Waals surface area contributed by atoms with Crippen LogP contribution in [0.2, 0.25) is 5.02 Å². The SMILES string of the molecule is CCCN(C(=O)OC(C)c1cc(OC)c(OCCCC(=O)O)cc1[N+](=O)[O-])C1CCC(N(Cc2cccc(-c3ccncc3)c2)C(=O)c2sc3ccccc3c2Cl)CC1. The first-order chi connectivity index (χ1) is 28.5. The second kappa shape index (κ2) is 19.8. The van der Waals surface area contributed by atoms with Gasteiger partial charge in [-0.15, -0.1) is 11.3 Å². The summed E-state index contributed by atoms with van der Waals surface area (Å²) in [6.07, 6.45) is 5.11. The molecule has 1 N–H and O–H groups in total. The lowest BCUT2D eigenvalue weighted by Crippen LogP contribution is -2.48. The van der Waals surface area contributed by atoms with Gasteiger partial charge in [0, 0.05) is 54.1 Å². The molecule has 5 aromatic rings. The number of fused-ring (bicyclic) bond motifs is 1. The van der Waals surface area contributed by atoms with Crippen LogP contribution in [0.5, 0.6) is 11.5 Å². The van der Waals surface area contributed by atoms with Gasteiger partial charge in [-0.1, -0.05) is 54.9 Å². The molecule has 0 aliphatic heterocycles. The Kier molecular flexibility index (Phi) is 14.4. The Morgan fingerprint density at radius 3 is 2.34 bits per heavy atom. The molecule has 15 heteroatoms. The van der Waals surface area contributed by atoms with Crippen LogP contribution < -0.4 is 9.47 Å². The normalized spacial score (nSPS) is 15.6. The zero-order chi connectivity index (χ0) is 42.1. The van der Waals surface area contributed by atoms with Gasteiger partial charge in [-0.2, -0.15) is 0 Å². The lowest BCUT2D eigenvalue weighted by atomic mass is 9.88. The maximum atomic E-state index is 14.6. The Labute approximate surface area is 351 Å². The summed E-state index contributed by atoms with van der Waals surface area (Å²) in [6, 6.07) is 22.1. The molecular formula is C44H47ClN4O9S. The van der Waals surface area contributed by atoms with E-state index in [1.807, 2.05) is 66.4 Å². The minimum atomic E-state index is -1.02. The Balaban J connectivity index is 1.19. The van der Waals surface area contributed by atoms with E-state index in [0.29, 0.717) is 55.1 Å². The summed E-state index contributed by atoms with van der Waals surface area (Å²) < 4.78 is 18.0. The van der Waals surface area contributed by atoms with E-state index in [0.717, 1.165) is 26.8 Å². The van der Waals surface area contributed by atoms with E-state index < -0.39 is 23.1 Å². The summed E-state index contributed by atoms with van der Waals surface area (Å²) in [6.45, 7) is 4.33. The highest BCUT2D eigenvalue weighted by Crippen LogP contribution is 2.40. The number of hydrogen-bond acceptors (Lipinski definition) is 10. The fourth-order valence-corrected chi connectivity index (χ4v) is 9.06. The molecule has 1 aliphatic rings. The Morgan fingerprint density at radius 1 is 0.966 bits per heavy atom. The van der Waals surface area contributed by atoms with Crippen molar-refractivity contribution >= 4 is 56.7 Å². The van der Waals surface area contributed by atoms with Crippen molar-refractivity contribution in [3.05, 3.63) is 116 Å². The zero-order valence-electron chi connectivity index (χ0n) is 33.2. The number of aliphatic carboxylic acids is 1. The molecule has 0 spiro atoms. The summed E-state index contributed by atoms with van der Waals surface area (Å²) in [4.78, 5) is 59.3. The van der Waals surface area contributed by atoms with Gasteiger partial charge < -0.3 is 29.1 Å². The molecular weight excluding hydrogens is 796 g/mol. The third-order valence-electron chi connectivity index (χ3n) is 10.5. The van der Waals surface area contributed by atoms with Crippen molar-refractivity contribution < 1.29 is 38.6 Å². The first-order valence-corrected chi connectivity index (χ1v) is 20.8. The monoisotopic (exact) mass is 842 g/mol. The van der Waals surface area contributed by atoms with Gasteiger partial charge >= 0.3 is 12.1 Å². The molecule has 6 rings (SSSR count). The highest BCUT2D eigenvalue weighted by molar-refractivity contribution is 7.21. The largest absolute Gasteiger partial charge is 0.493 e. The summed E-state index contributed by atoms with van der Waals surface area (Å²) in [7, 11) is 1.39. The van der Waals surface area contributed by atoms with E-state index >= 15 is 0 Å². The minimum absolute atomic E-state index is 0.0161. The van der Waals surface area contributed by atoms with Gasteiger partial charge in [0.15, 0.2) is 11.5 Å². The van der Waals surface area contributed by atoms with Crippen molar-refractivity contribution in [3.63, 3.8) is 0 Å². The number of halogens is 1. The number of nitrogens with zero attached hydrogens (tertiary/aromatic N) is 4. The van der Waals surface area contributed by atoms with Gasteiger partial charge in [-0.05, 0) is 92.5 Å². The van der Waals surface area contributed by atoms with Crippen molar-refractivity contribution in [3.8, 4) is 22.6 Å². The highest BCUT2D eigenvalue weighted by Gasteiger charge is 2.36. The highest BCUT2D eigenvalue weighted by atomic mass is 35.5. The molecule has 1 aliphatic carbocycles. The second-order valence-electron chi connectivity index (χ2n) is 14.5. The molecule has 3 aromatic carbocycles. The van der Waals surface area contributed by atoms with Crippen LogP contribution in [0.3, 0.4) is 0 Å². The van der Waals surface area contributed by atoms with Gasteiger partial charge in [0.25, 0.3) is 11.6 Å². The van der Waals surface area contributed by atoms with E-state index in [4.69, 9.17) is 30.9 Å². The van der Waals surface area contributed by atoms with Crippen molar-refractivity contribution in [2.45, 2.75) is 83.5 Å². The standard InChI is InChI=1S/C44H47ClN4O9S/c1-4-22-47(44(53)58-28(2)35-25-37(56-3)38(26-36(35)49(54)55)57-23-8-13-40(50)51)32-14-16-33(17-15-32)48(43(52)42-41(45)34-11-5-6-12-39(34)59-42)27-29-9-7-10-31(24-29)30-18-20-46-21-19-30/h5-7,9-12,18-21,24-26,28,32-33H,4,8,13-17,22-23,27H2,1-3H3,(H,50,51). The lowest BCUT2D eigenvalue weighted by Gasteiger charge is -2.40. The van der Waals surface area contributed by atoms with Crippen LogP contribution in [-0.4, -0.2) is 75.1 Å². The third-order valence-corrected chi connectivity index (χ3v) is 12.2. The van der Waals surface area contributed by atoms with Gasteiger partial charge in [0.2, 0.25) is 0 Å². The molecule has 0 saturated heterocycles. The molecule has 13 nitrogen and oxygen atoms in total. The number of ether oxygens (including phenoxy) is 3. The molecule has 310 valence electrons. The van der Waals surface area contributed by atoms with E-state index in [1.54, 1.807) is 24.2 Å². The Hall–Kier alpha value is -5.73. The van der Waals surface area contributed by atoms with Crippen LogP contribution in [-0.2, 0) is 16.1 Å². The van der Waals surface area contributed by atoms with Gasteiger partial charge in [-0.25, -0.2) is 4.79 Å². The Bertz CT molecular complexity index is 2280. The number of carbonyl (C=O) groups is 3. The summed E-state index contributed by atoms with van der Waals surface area (Å²) in [5, 5.41) is 22.4. The van der Waals surface area contributed by atoms with Crippen LogP contribution in [0.25, 0.3) is 21.2 Å². The topological polar surface area (TPSA) is 162 Å². The number of hydrogen-bond donors (Lipinski definition) is 1. The summed E-state index contributed by atoms with van der Waals surface area (Å²) >= 11 is 8.27. The number of pyridine rings is 1. The van der Waals surface area contributed by atoms with Crippen molar-refractivity contribution in [1.82, 2.24) is 14.8 Å². The number of carboxylic acid groups (broad SMARTS) is 1. The molecule has 0 radical (unpaired) electrons. The molecule has 59 heavy (non-hydrogen) atoms. The number of carbonyl (C=O) groups excluding carboxylic acids is 2. The number of methoxy groups -OCH3 is 1. The molecule has 0 bridgehead atoms. The maximum Gasteiger partial charge on any atom is 0.410 e. The minimum Gasteiger partial charge on any atom is -0.493 e. The Morgan fingerprint density at radius 2 is 1.68 bits per heavy atom. The first-order valence-electron chi connectivity index (χ1n) is 19.6. The molecule has 1 saturated carbocycles. The number of thiophene rings is 1. The molecule has 2 amide bonds. The maximum absolute atomic E-state index is 14.6. The third kappa shape index (κ3) is 10.3. The van der Waals surface area contributed by atoms with Crippen LogP contribution in [0.1, 0.15) is 85.7 Å². The van der Waals surface area contributed by atoms with Crippen LogP contribution in [0, 0.1) is 10.1 Å². The quantitative estimate of drug-likeness (QED) is 0.0542. The zero-order valence-corrected chi connectivity index (χ0v) is 34.7. The fraction of sp³-hybridized carbons (Fsp3) is 0.364. The smallest absolute Gasteiger partial charge is 0.410 e. The average Bonchev–Trinajstić information content (AvgIpc) is 3.59. The second-order valence-corrected chi connectivity index (χ2v) is 15.9. The average molecular weight is 843 g/mol. The number of amides is 2. The van der Waals surface area contributed by atoms with Crippen LogP contribution in [0.4, 0.5) is 10.5 Å². The predicted octanol–water partition coefficient (Wildman–Crippen LogP) is 10.3. The van der Waals surface area contributed by atoms with E-state index in [1.165, 1.54) is 30.6 Å². The van der Waals surface area contributed by atoms with E-state index in [2.05, 4.69) is 11.1 Å². The predicted molar refractivity (Wildman–Crippen MR) is 226 cm³/mol.